The van der Waals surface area contributed by atoms with Gasteiger partial charge in [-0.1, -0.05) is 0 Å². The summed E-state index contributed by atoms with van der Waals surface area (Å²) in [6.07, 6.45) is 0. The average Bonchev–Trinajstić information content (AvgIpc) is 2.63. The highest BCUT2D eigenvalue weighted by molar-refractivity contribution is 9.10. The van der Waals surface area contributed by atoms with Crippen LogP contribution in [0.4, 0.5) is 0 Å². The molecule has 1 rings (SSSR count). The monoisotopic (exact) mass is 318 g/mol. The number of halogens is 1. The predicted molar refractivity (Wildman–Crippen MR) is 76.3 cm³/mol. The number of amides is 1. The first-order valence-corrected chi connectivity index (χ1v) is 7.37. The quantitative estimate of drug-likeness (QED) is 0.876. The molecular formula is C12H19BrN2OS. The van der Waals surface area contributed by atoms with Gasteiger partial charge in [-0.05, 0) is 49.7 Å². The van der Waals surface area contributed by atoms with Crippen molar-refractivity contribution in [3.63, 3.8) is 0 Å². The molecule has 1 aromatic rings. The van der Waals surface area contributed by atoms with Crippen LogP contribution in [0, 0.1) is 0 Å². The molecule has 2 unspecified atom stereocenters. The fourth-order valence-electron chi connectivity index (χ4n) is 1.50. The molecule has 0 aliphatic heterocycles. The first-order chi connectivity index (χ1) is 7.90. The van der Waals surface area contributed by atoms with Crippen molar-refractivity contribution in [1.82, 2.24) is 10.6 Å². The molecule has 0 aromatic carbocycles. The lowest BCUT2D eigenvalue weighted by Gasteiger charge is -2.19. The van der Waals surface area contributed by atoms with Gasteiger partial charge < -0.3 is 5.32 Å². The highest BCUT2D eigenvalue weighted by Crippen LogP contribution is 2.25. The van der Waals surface area contributed by atoms with E-state index in [4.69, 9.17) is 0 Å². The summed E-state index contributed by atoms with van der Waals surface area (Å²) < 4.78 is 1.09. The SMILES string of the molecule is CC(C)NC(=O)C(C)NC(C)c1cc(Br)cs1. The zero-order chi connectivity index (χ0) is 13.0. The predicted octanol–water partition coefficient (Wildman–Crippen LogP) is 3.07. The van der Waals surface area contributed by atoms with Gasteiger partial charge in [0.05, 0.1) is 6.04 Å². The highest BCUT2D eigenvalue weighted by atomic mass is 79.9. The Labute approximate surface area is 115 Å². The van der Waals surface area contributed by atoms with Gasteiger partial charge in [-0.2, -0.15) is 0 Å². The van der Waals surface area contributed by atoms with Gasteiger partial charge in [0.2, 0.25) is 5.91 Å². The molecule has 5 heteroatoms. The number of nitrogens with one attached hydrogen (secondary N) is 2. The summed E-state index contributed by atoms with van der Waals surface area (Å²) in [5.41, 5.74) is 0. The molecular weight excluding hydrogens is 300 g/mol. The number of carbonyl (C=O) groups excluding carboxylic acids is 1. The summed E-state index contributed by atoms with van der Waals surface area (Å²) in [5.74, 6) is 0.0440. The Morgan fingerprint density at radius 3 is 2.47 bits per heavy atom. The van der Waals surface area contributed by atoms with E-state index in [0.717, 1.165) is 4.47 Å². The molecule has 3 nitrogen and oxygen atoms in total. The molecule has 2 N–H and O–H groups in total. The molecule has 0 saturated heterocycles. The van der Waals surface area contributed by atoms with Crippen LogP contribution < -0.4 is 10.6 Å². The Morgan fingerprint density at radius 2 is 2.00 bits per heavy atom. The molecule has 17 heavy (non-hydrogen) atoms. The Balaban J connectivity index is 2.51. The molecule has 1 heterocycles. The molecule has 0 bridgehead atoms. The van der Waals surface area contributed by atoms with E-state index in [2.05, 4.69) is 39.6 Å². The van der Waals surface area contributed by atoms with E-state index in [9.17, 15) is 4.79 Å². The molecule has 1 aromatic heterocycles. The fourth-order valence-corrected chi connectivity index (χ4v) is 2.96. The van der Waals surface area contributed by atoms with Gasteiger partial charge in [0.25, 0.3) is 0 Å². The highest BCUT2D eigenvalue weighted by Gasteiger charge is 2.17. The van der Waals surface area contributed by atoms with Gasteiger partial charge in [-0.15, -0.1) is 11.3 Å². The van der Waals surface area contributed by atoms with Crippen LogP contribution in [0.1, 0.15) is 38.6 Å². The van der Waals surface area contributed by atoms with Gasteiger partial charge >= 0.3 is 0 Å². The molecule has 0 spiro atoms. The van der Waals surface area contributed by atoms with Crippen molar-refractivity contribution in [2.75, 3.05) is 0 Å². The van der Waals surface area contributed by atoms with Crippen molar-refractivity contribution in [1.29, 1.82) is 0 Å². The van der Waals surface area contributed by atoms with Crippen LogP contribution >= 0.6 is 27.3 Å². The second-order valence-electron chi connectivity index (χ2n) is 4.44. The lowest BCUT2D eigenvalue weighted by molar-refractivity contribution is -0.123. The summed E-state index contributed by atoms with van der Waals surface area (Å²) in [6.45, 7) is 7.88. The van der Waals surface area contributed by atoms with Gasteiger partial charge in [0, 0.05) is 26.8 Å². The Morgan fingerprint density at radius 1 is 1.35 bits per heavy atom. The van der Waals surface area contributed by atoms with Crippen molar-refractivity contribution >= 4 is 33.2 Å². The van der Waals surface area contributed by atoms with Gasteiger partial charge in [0.15, 0.2) is 0 Å². The zero-order valence-electron chi connectivity index (χ0n) is 10.6. The van der Waals surface area contributed by atoms with E-state index in [1.807, 2.05) is 26.2 Å². The van der Waals surface area contributed by atoms with Crippen LogP contribution in [0.5, 0.6) is 0 Å². The first kappa shape index (κ1) is 14.7. The standard InChI is InChI=1S/C12H19BrN2OS/c1-7(2)14-12(16)9(4)15-8(3)11-5-10(13)6-17-11/h5-9,15H,1-4H3,(H,14,16). The third-order valence-electron chi connectivity index (χ3n) is 2.34. The van der Waals surface area contributed by atoms with Gasteiger partial charge in [-0.25, -0.2) is 0 Å². The topological polar surface area (TPSA) is 41.1 Å². The van der Waals surface area contributed by atoms with E-state index < -0.39 is 0 Å². The van der Waals surface area contributed by atoms with E-state index in [1.54, 1.807) is 11.3 Å². The van der Waals surface area contributed by atoms with Gasteiger partial charge in [-0.3, -0.25) is 10.1 Å². The maximum Gasteiger partial charge on any atom is 0.237 e. The lowest BCUT2D eigenvalue weighted by Crippen LogP contribution is -2.45. The van der Waals surface area contributed by atoms with Crippen molar-refractivity contribution in [3.8, 4) is 0 Å². The summed E-state index contributed by atoms with van der Waals surface area (Å²) in [6, 6.07) is 2.25. The molecule has 1 amide bonds. The third kappa shape index (κ3) is 4.77. The second-order valence-corrected chi connectivity index (χ2v) is 6.30. The smallest absolute Gasteiger partial charge is 0.237 e. The first-order valence-electron chi connectivity index (χ1n) is 5.70. The molecule has 0 aliphatic carbocycles. The number of hydrogen-bond acceptors (Lipinski definition) is 3. The molecule has 0 fully saturated rings. The van der Waals surface area contributed by atoms with Crippen LogP contribution in [0.25, 0.3) is 0 Å². The Hall–Kier alpha value is -0.390. The van der Waals surface area contributed by atoms with Crippen molar-refractivity contribution < 1.29 is 4.79 Å². The normalized spacial score (nSPS) is 14.7. The van der Waals surface area contributed by atoms with Crippen LogP contribution in [0.15, 0.2) is 15.9 Å². The summed E-state index contributed by atoms with van der Waals surface area (Å²) >= 11 is 5.12. The summed E-state index contributed by atoms with van der Waals surface area (Å²) in [5, 5.41) is 8.24. The van der Waals surface area contributed by atoms with Crippen LogP contribution in [0.3, 0.4) is 0 Å². The number of carbonyl (C=O) groups is 1. The van der Waals surface area contributed by atoms with Crippen LogP contribution in [0.2, 0.25) is 0 Å². The van der Waals surface area contributed by atoms with Crippen molar-refractivity contribution in [3.05, 3.63) is 20.8 Å². The lowest BCUT2D eigenvalue weighted by atomic mass is 10.2. The minimum Gasteiger partial charge on any atom is -0.353 e. The van der Waals surface area contributed by atoms with E-state index in [1.165, 1.54) is 4.88 Å². The Kier molecular flexibility index (Phi) is 5.62. The molecule has 0 aliphatic rings. The van der Waals surface area contributed by atoms with E-state index in [0.29, 0.717) is 0 Å². The average molecular weight is 319 g/mol. The van der Waals surface area contributed by atoms with Crippen LogP contribution in [-0.4, -0.2) is 18.0 Å². The molecule has 0 saturated carbocycles. The Bertz CT molecular complexity index is 378. The minimum absolute atomic E-state index is 0.0440. The van der Waals surface area contributed by atoms with Crippen molar-refractivity contribution in [2.45, 2.75) is 45.8 Å². The maximum absolute atomic E-state index is 11.7. The molecule has 0 radical (unpaired) electrons. The molecule has 2 atom stereocenters. The van der Waals surface area contributed by atoms with E-state index in [-0.39, 0.29) is 24.0 Å². The third-order valence-corrected chi connectivity index (χ3v) is 4.21. The van der Waals surface area contributed by atoms with Crippen LogP contribution in [-0.2, 0) is 4.79 Å². The van der Waals surface area contributed by atoms with Crippen molar-refractivity contribution in [2.24, 2.45) is 0 Å². The largest absolute Gasteiger partial charge is 0.353 e. The van der Waals surface area contributed by atoms with E-state index >= 15 is 0 Å². The minimum atomic E-state index is -0.187. The summed E-state index contributed by atoms with van der Waals surface area (Å²) in [7, 11) is 0. The summed E-state index contributed by atoms with van der Waals surface area (Å²) in [4.78, 5) is 13.0. The zero-order valence-corrected chi connectivity index (χ0v) is 13.0. The second kappa shape index (κ2) is 6.52. The molecule has 96 valence electrons. The van der Waals surface area contributed by atoms with Gasteiger partial charge in [0.1, 0.15) is 0 Å². The maximum atomic E-state index is 11.7. The fraction of sp³-hybridized carbons (Fsp3) is 0.583. The number of rotatable bonds is 5. The number of thiophene rings is 1. The number of hydrogen-bond donors (Lipinski definition) is 2.